The molecule has 0 unspecified atom stereocenters. The highest BCUT2D eigenvalue weighted by molar-refractivity contribution is 5.51. The van der Waals surface area contributed by atoms with Gasteiger partial charge >= 0.3 is 0 Å². The Morgan fingerprint density at radius 2 is 1.27 bits per heavy atom. The molecule has 2 N–H and O–H groups in total. The maximum absolute atomic E-state index is 9.89. The van der Waals surface area contributed by atoms with Crippen LogP contribution in [-0.2, 0) is 6.42 Å². The first-order valence-electron chi connectivity index (χ1n) is 10.9. The van der Waals surface area contributed by atoms with Gasteiger partial charge in [-0.25, -0.2) is 0 Å². The molecule has 0 radical (unpaired) electrons. The standard InChI is InChI=1S/C27H40O3/c1-20(2)10-7-11-21(3)12-8-13-22(4)14-9-15-23(5)16-17-24-18-25(28)19-26(29)27(24)30-6/h10,12,14,16,18-19,28-29H,7-9,11,13,15,17H2,1-6H3. The third kappa shape index (κ3) is 10.4. The van der Waals surface area contributed by atoms with Crippen molar-refractivity contribution in [3.8, 4) is 17.2 Å². The molecule has 1 aromatic carbocycles. The van der Waals surface area contributed by atoms with E-state index in [-0.39, 0.29) is 11.5 Å². The second-order valence-corrected chi connectivity index (χ2v) is 8.41. The molecule has 0 amide bonds. The number of hydrogen-bond acceptors (Lipinski definition) is 3. The average Bonchev–Trinajstić information content (AvgIpc) is 2.65. The number of ether oxygens (including phenoxy) is 1. The lowest BCUT2D eigenvalue weighted by Crippen LogP contribution is -1.92. The molecule has 0 fully saturated rings. The van der Waals surface area contributed by atoms with Crippen molar-refractivity contribution in [2.75, 3.05) is 7.11 Å². The molecule has 0 saturated carbocycles. The Balaban J connectivity index is 2.45. The van der Waals surface area contributed by atoms with Gasteiger partial charge < -0.3 is 14.9 Å². The summed E-state index contributed by atoms with van der Waals surface area (Å²) in [5.41, 5.74) is 6.39. The molecule has 0 aromatic heterocycles. The number of benzene rings is 1. The zero-order valence-corrected chi connectivity index (χ0v) is 19.7. The van der Waals surface area contributed by atoms with Crippen molar-refractivity contribution in [3.63, 3.8) is 0 Å². The molecule has 166 valence electrons. The van der Waals surface area contributed by atoms with E-state index in [4.69, 9.17) is 4.74 Å². The second-order valence-electron chi connectivity index (χ2n) is 8.41. The minimum atomic E-state index is -0.0293. The molecule has 0 aliphatic rings. The Bertz CT molecular complexity index is 791. The first kappa shape index (κ1) is 25.6. The Morgan fingerprint density at radius 1 is 0.767 bits per heavy atom. The monoisotopic (exact) mass is 412 g/mol. The topological polar surface area (TPSA) is 49.7 Å². The molecular weight excluding hydrogens is 372 g/mol. The number of phenolic OH excluding ortho intramolecular Hbond substituents is 2. The third-order valence-electron chi connectivity index (χ3n) is 5.16. The SMILES string of the molecule is COc1c(O)cc(O)cc1CC=C(C)CCC=C(C)CCC=C(C)CCC=C(C)C. The maximum Gasteiger partial charge on any atom is 0.164 e. The van der Waals surface area contributed by atoms with Crippen LogP contribution in [0.2, 0.25) is 0 Å². The predicted octanol–water partition coefficient (Wildman–Crippen LogP) is 7.79. The molecule has 0 saturated heterocycles. The lowest BCUT2D eigenvalue weighted by Gasteiger charge is -2.10. The van der Waals surface area contributed by atoms with Crippen molar-refractivity contribution in [2.24, 2.45) is 0 Å². The van der Waals surface area contributed by atoms with Gasteiger partial charge in [-0.15, -0.1) is 0 Å². The highest BCUT2D eigenvalue weighted by Crippen LogP contribution is 2.34. The van der Waals surface area contributed by atoms with E-state index < -0.39 is 0 Å². The number of hydrogen-bond donors (Lipinski definition) is 2. The first-order valence-corrected chi connectivity index (χ1v) is 10.9. The summed E-state index contributed by atoms with van der Waals surface area (Å²) in [6, 6.07) is 2.94. The van der Waals surface area contributed by atoms with Gasteiger partial charge in [0.2, 0.25) is 0 Å². The summed E-state index contributed by atoms with van der Waals surface area (Å²) in [6.07, 6.45) is 16.3. The first-order chi connectivity index (χ1) is 14.2. The van der Waals surface area contributed by atoms with Crippen LogP contribution in [0.15, 0.2) is 58.7 Å². The number of allylic oxidation sites excluding steroid dienone is 8. The smallest absolute Gasteiger partial charge is 0.164 e. The fraction of sp³-hybridized carbons (Fsp3) is 0.481. The minimum Gasteiger partial charge on any atom is -0.508 e. The van der Waals surface area contributed by atoms with Crippen LogP contribution in [0.1, 0.15) is 78.7 Å². The van der Waals surface area contributed by atoms with E-state index >= 15 is 0 Å². The van der Waals surface area contributed by atoms with Gasteiger partial charge in [0.1, 0.15) is 5.75 Å². The maximum atomic E-state index is 9.89. The van der Waals surface area contributed by atoms with Crippen LogP contribution < -0.4 is 4.74 Å². The Labute approximate surface area is 183 Å². The highest BCUT2D eigenvalue weighted by Gasteiger charge is 2.09. The minimum absolute atomic E-state index is 0.0293. The van der Waals surface area contributed by atoms with Crippen LogP contribution in [0.25, 0.3) is 0 Å². The summed E-state index contributed by atoms with van der Waals surface area (Å²) < 4.78 is 5.25. The normalized spacial score (nSPS) is 12.8. The molecule has 0 aliphatic carbocycles. The number of methoxy groups -OCH3 is 1. The van der Waals surface area contributed by atoms with Gasteiger partial charge in [0.25, 0.3) is 0 Å². The van der Waals surface area contributed by atoms with E-state index in [1.165, 1.54) is 35.5 Å². The van der Waals surface area contributed by atoms with Crippen LogP contribution in [0, 0.1) is 0 Å². The van der Waals surface area contributed by atoms with Crippen LogP contribution in [-0.4, -0.2) is 17.3 Å². The molecule has 3 nitrogen and oxygen atoms in total. The van der Waals surface area contributed by atoms with Gasteiger partial charge in [-0.1, -0.05) is 46.6 Å². The summed E-state index contributed by atoms with van der Waals surface area (Å²) in [4.78, 5) is 0. The second kappa shape index (κ2) is 13.7. The number of aromatic hydroxyl groups is 2. The van der Waals surface area contributed by atoms with E-state index in [2.05, 4.69) is 58.9 Å². The average molecular weight is 413 g/mol. The van der Waals surface area contributed by atoms with Gasteiger partial charge in [-0.3, -0.25) is 0 Å². The molecule has 0 bridgehead atoms. The molecular formula is C27H40O3. The summed E-state index contributed by atoms with van der Waals surface area (Å²) >= 11 is 0. The van der Waals surface area contributed by atoms with E-state index in [1.807, 2.05) is 0 Å². The van der Waals surface area contributed by atoms with Crippen molar-refractivity contribution < 1.29 is 14.9 Å². The van der Waals surface area contributed by atoms with Crippen molar-refractivity contribution >= 4 is 0 Å². The molecule has 0 spiro atoms. The molecule has 0 atom stereocenters. The van der Waals surface area contributed by atoms with Gasteiger partial charge in [0.05, 0.1) is 7.11 Å². The Hall–Kier alpha value is -2.42. The van der Waals surface area contributed by atoms with Crippen LogP contribution in [0.5, 0.6) is 17.2 Å². The third-order valence-corrected chi connectivity index (χ3v) is 5.16. The van der Waals surface area contributed by atoms with Crippen LogP contribution in [0.3, 0.4) is 0 Å². The number of rotatable bonds is 12. The van der Waals surface area contributed by atoms with Gasteiger partial charge in [0, 0.05) is 11.6 Å². The zero-order chi connectivity index (χ0) is 22.5. The van der Waals surface area contributed by atoms with Crippen molar-refractivity contribution in [2.45, 2.75) is 79.6 Å². The molecule has 30 heavy (non-hydrogen) atoms. The summed E-state index contributed by atoms with van der Waals surface area (Å²) in [5.74, 6) is 0.448. The van der Waals surface area contributed by atoms with Crippen molar-refractivity contribution in [1.82, 2.24) is 0 Å². The van der Waals surface area contributed by atoms with Crippen LogP contribution in [0.4, 0.5) is 0 Å². The fourth-order valence-electron chi connectivity index (χ4n) is 3.31. The van der Waals surface area contributed by atoms with Gasteiger partial charge in [0.15, 0.2) is 11.5 Å². The fourth-order valence-corrected chi connectivity index (χ4v) is 3.31. The predicted molar refractivity (Wildman–Crippen MR) is 128 cm³/mol. The summed E-state index contributed by atoms with van der Waals surface area (Å²) in [7, 11) is 1.53. The van der Waals surface area contributed by atoms with E-state index in [0.29, 0.717) is 12.2 Å². The largest absolute Gasteiger partial charge is 0.508 e. The molecule has 0 aliphatic heterocycles. The summed E-state index contributed by atoms with van der Waals surface area (Å²) in [5, 5.41) is 19.6. The number of phenols is 2. The summed E-state index contributed by atoms with van der Waals surface area (Å²) in [6.45, 7) is 10.9. The van der Waals surface area contributed by atoms with Gasteiger partial charge in [-0.2, -0.15) is 0 Å². The zero-order valence-electron chi connectivity index (χ0n) is 19.7. The quantitative estimate of drug-likeness (QED) is 0.344. The van der Waals surface area contributed by atoms with Crippen molar-refractivity contribution in [3.05, 3.63) is 64.3 Å². The Kier molecular flexibility index (Phi) is 11.7. The molecule has 3 heteroatoms. The van der Waals surface area contributed by atoms with E-state index in [1.54, 1.807) is 6.07 Å². The Morgan fingerprint density at radius 3 is 1.77 bits per heavy atom. The molecule has 1 rings (SSSR count). The highest BCUT2D eigenvalue weighted by atomic mass is 16.5. The van der Waals surface area contributed by atoms with Gasteiger partial charge in [-0.05, 0) is 85.6 Å². The molecule has 0 heterocycles. The lowest BCUT2D eigenvalue weighted by atomic mass is 10.0. The van der Waals surface area contributed by atoms with Crippen molar-refractivity contribution in [1.29, 1.82) is 0 Å². The molecule has 1 aromatic rings. The van der Waals surface area contributed by atoms with Crippen LogP contribution >= 0.6 is 0 Å². The lowest BCUT2D eigenvalue weighted by molar-refractivity contribution is 0.366. The van der Waals surface area contributed by atoms with E-state index in [9.17, 15) is 10.2 Å². The van der Waals surface area contributed by atoms with E-state index in [0.717, 1.165) is 44.1 Å².